The molecule has 1 heteroatoms. The van der Waals surface area contributed by atoms with Crippen molar-refractivity contribution in [3.8, 4) is 0 Å². The maximum absolute atomic E-state index is 6.35. The van der Waals surface area contributed by atoms with Crippen molar-refractivity contribution < 1.29 is 0 Å². The summed E-state index contributed by atoms with van der Waals surface area (Å²) in [5.74, 6) is 4.55. The number of alkyl halides is 1. The van der Waals surface area contributed by atoms with Crippen molar-refractivity contribution >= 4 is 11.6 Å². The minimum Gasteiger partial charge on any atom is -0.123 e. The molecule has 2 saturated carbocycles. The SMILES string of the molecule is CC1CC(C)CC(C2CCC(Cl)C2C)C1. The van der Waals surface area contributed by atoms with Crippen LogP contribution in [0.1, 0.15) is 52.9 Å². The quantitative estimate of drug-likeness (QED) is 0.570. The van der Waals surface area contributed by atoms with Crippen molar-refractivity contribution in [2.24, 2.45) is 29.6 Å². The second kappa shape index (κ2) is 4.65. The molecule has 2 fully saturated rings. The van der Waals surface area contributed by atoms with E-state index in [1.807, 2.05) is 0 Å². The van der Waals surface area contributed by atoms with Gasteiger partial charge in [0.2, 0.25) is 0 Å². The van der Waals surface area contributed by atoms with Crippen molar-refractivity contribution in [1.82, 2.24) is 0 Å². The molecule has 0 aliphatic heterocycles. The summed E-state index contributed by atoms with van der Waals surface area (Å²) in [4.78, 5) is 0. The molecule has 0 radical (unpaired) electrons. The highest BCUT2D eigenvalue weighted by Crippen LogP contribution is 2.46. The van der Waals surface area contributed by atoms with Crippen LogP contribution in [0.2, 0.25) is 0 Å². The summed E-state index contributed by atoms with van der Waals surface area (Å²) in [6.45, 7) is 7.24. The van der Waals surface area contributed by atoms with Gasteiger partial charge in [-0.1, -0.05) is 20.8 Å². The van der Waals surface area contributed by atoms with Crippen molar-refractivity contribution in [1.29, 1.82) is 0 Å². The zero-order chi connectivity index (χ0) is 11.0. The lowest BCUT2D eigenvalue weighted by Crippen LogP contribution is -2.28. The maximum atomic E-state index is 6.35. The predicted molar refractivity (Wildman–Crippen MR) is 67.2 cm³/mol. The highest BCUT2D eigenvalue weighted by molar-refractivity contribution is 6.20. The number of hydrogen-bond acceptors (Lipinski definition) is 0. The fraction of sp³-hybridized carbons (Fsp3) is 1.00. The molecule has 0 aromatic heterocycles. The molecule has 15 heavy (non-hydrogen) atoms. The molecule has 88 valence electrons. The summed E-state index contributed by atoms with van der Waals surface area (Å²) >= 11 is 6.35. The van der Waals surface area contributed by atoms with Crippen molar-refractivity contribution in [2.45, 2.75) is 58.3 Å². The summed E-state index contributed by atoms with van der Waals surface area (Å²) in [6.07, 6.45) is 7.01. The molecule has 5 atom stereocenters. The zero-order valence-corrected chi connectivity index (χ0v) is 11.1. The molecule has 5 unspecified atom stereocenters. The first-order valence-electron chi connectivity index (χ1n) is 6.72. The first kappa shape index (κ1) is 11.8. The van der Waals surface area contributed by atoms with E-state index >= 15 is 0 Å². The van der Waals surface area contributed by atoms with E-state index in [0.717, 1.165) is 29.6 Å². The molecule has 0 saturated heterocycles. The summed E-state index contributed by atoms with van der Waals surface area (Å²) in [7, 11) is 0. The Labute approximate surface area is 99.8 Å². The minimum atomic E-state index is 0.461. The van der Waals surface area contributed by atoms with Gasteiger partial charge >= 0.3 is 0 Å². The van der Waals surface area contributed by atoms with Crippen LogP contribution in [-0.4, -0.2) is 5.38 Å². The number of rotatable bonds is 1. The third-order valence-corrected chi connectivity index (χ3v) is 5.46. The third-order valence-electron chi connectivity index (χ3n) is 4.84. The van der Waals surface area contributed by atoms with Crippen molar-refractivity contribution in [2.75, 3.05) is 0 Å². The Hall–Kier alpha value is 0.290. The van der Waals surface area contributed by atoms with Crippen LogP contribution in [0.3, 0.4) is 0 Å². The van der Waals surface area contributed by atoms with Gasteiger partial charge in [0.1, 0.15) is 0 Å². The number of halogens is 1. The van der Waals surface area contributed by atoms with E-state index in [0.29, 0.717) is 5.38 Å². The summed E-state index contributed by atoms with van der Waals surface area (Å²) < 4.78 is 0. The smallest absolute Gasteiger partial charge is 0.0364 e. The molecule has 0 aromatic carbocycles. The van der Waals surface area contributed by atoms with Crippen molar-refractivity contribution in [3.63, 3.8) is 0 Å². The van der Waals surface area contributed by atoms with Crippen LogP contribution in [0.15, 0.2) is 0 Å². The first-order valence-corrected chi connectivity index (χ1v) is 7.15. The van der Waals surface area contributed by atoms with Crippen LogP contribution in [0.25, 0.3) is 0 Å². The Morgan fingerprint density at radius 1 is 0.867 bits per heavy atom. The van der Waals surface area contributed by atoms with Crippen LogP contribution >= 0.6 is 11.6 Å². The first-order chi connectivity index (χ1) is 7.08. The van der Waals surface area contributed by atoms with Gasteiger partial charge in [-0.2, -0.15) is 0 Å². The van der Waals surface area contributed by atoms with E-state index in [1.54, 1.807) is 0 Å². The molecule has 2 rings (SSSR count). The fourth-order valence-electron chi connectivity index (χ4n) is 4.17. The lowest BCUT2D eigenvalue weighted by atomic mass is 9.69. The molecule has 0 N–H and O–H groups in total. The Morgan fingerprint density at radius 2 is 1.47 bits per heavy atom. The molecule has 0 spiro atoms. The van der Waals surface area contributed by atoms with Crippen LogP contribution < -0.4 is 0 Å². The standard InChI is InChI=1S/C14H25Cl/c1-9-6-10(2)8-12(7-9)13-4-5-14(15)11(13)3/h9-14H,4-8H2,1-3H3. The van der Waals surface area contributed by atoms with Gasteiger partial charge in [0, 0.05) is 5.38 Å². The lowest BCUT2D eigenvalue weighted by Gasteiger charge is -2.37. The molecule has 0 aromatic rings. The molecular weight excluding hydrogens is 204 g/mol. The highest BCUT2D eigenvalue weighted by atomic mass is 35.5. The van der Waals surface area contributed by atoms with Crippen LogP contribution in [0.5, 0.6) is 0 Å². The van der Waals surface area contributed by atoms with Crippen LogP contribution in [0.4, 0.5) is 0 Å². The molecular formula is C14H25Cl. The van der Waals surface area contributed by atoms with Crippen LogP contribution in [0, 0.1) is 29.6 Å². The second-order valence-corrected chi connectivity index (χ2v) is 6.85. The van der Waals surface area contributed by atoms with Crippen LogP contribution in [-0.2, 0) is 0 Å². The molecule has 2 aliphatic rings. The molecule has 0 heterocycles. The zero-order valence-electron chi connectivity index (χ0n) is 10.4. The molecule has 2 aliphatic carbocycles. The van der Waals surface area contributed by atoms with Gasteiger partial charge in [-0.3, -0.25) is 0 Å². The maximum Gasteiger partial charge on any atom is 0.0364 e. The molecule has 0 nitrogen and oxygen atoms in total. The van der Waals surface area contributed by atoms with Gasteiger partial charge in [0.05, 0.1) is 0 Å². The Bertz CT molecular complexity index is 203. The molecule has 0 bridgehead atoms. The van der Waals surface area contributed by atoms with E-state index in [9.17, 15) is 0 Å². The topological polar surface area (TPSA) is 0 Å². The van der Waals surface area contributed by atoms with E-state index < -0.39 is 0 Å². The largest absolute Gasteiger partial charge is 0.123 e. The normalized spacial score (nSPS) is 52.0. The van der Waals surface area contributed by atoms with E-state index in [-0.39, 0.29) is 0 Å². The van der Waals surface area contributed by atoms with E-state index in [1.165, 1.54) is 32.1 Å². The highest BCUT2D eigenvalue weighted by Gasteiger charge is 2.38. The average molecular weight is 229 g/mol. The van der Waals surface area contributed by atoms with Gasteiger partial charge in [0.25, 0.3) is 0 Å². The Morgan fingerprint density at radius 3 is 1.93 bits per heavy atom. The van der Waals surface area contributed by atoms with Crippen molar-refractivity contribution in [3.05, 3.63) is 0 Å². The van der Waals surface area contributed by atoms with Gasteiger partial charge in [-0.15, -0.1) is 11.6 Å². The second-order valence-electron chi connectivity index (χ2n) is 6.29. The summed E-state index contributed by atoms with van der Waals surface area (Å²) in [6, 6.07) is 0. The Kier molecular flexibility index (Phi) is 3.65. The van der Waals surface area contributed by atoms with Gasteiger partial charge < -0.3 is 0 Å². The van der Waals surface area contributed by atoms with E-state index in [2.05, 4.69) is 20.8 Å². The minimum absolute atomic E-state index is 0.461. The number of hydrogen-bond donors (Lipinski definition) is 0. The predicted octanol–water partition coefficient (Wildman–Crippen LogP) is 4.71. The van der Waals surface area contributed by atoms with E-state index in [4.69, 9.17) is 11.6 Å². The van der Waals surface area contributed by atoms with Gasteiger partial charge in [-0.25, -0.2) is 0 Å². The fourth-order valence-corrected chi connectivity index (χ4v) is 4.48. The third kappa shape index (κ3) is 2.52. The Balaban J connectivity index is 1.98. The summed E-state index contributed by atoms with van der Waals surface area (Å²) in [5, 5.41) is 0.461. The average Bonchev–Trinajstić information content (AvgIpc) is 2.46. The summed E-state index contributed by atoms with van der Waals surface area (Å²) in [5.41, 5.74) is 0. The van der Waals surface area contributed by atoms with Gasteiger partial charge in [-0.05, 0) is 61.7 Å². The monoisotopic (exact) mass is 228 g/mol. The van der Waals surface area contributed by atoms with Gasteiger partial charge in [0.15, 0.2) is 0 Å². The molecule has 0 amide bonds. The lowest BCUT2D eigenvalue weighted by molar-refractivity contribution is 0.140.